The summed E-state index contributed by atoms with van der Waals surface area (Å²) in [7, 11) is -2.71. The molecule has 1 N–H and O–H groups in total. The topological polar surface area (TPSA) is 73.1 Å². The summed E-state index contributed by atoms with van der Waals surface area (Å²) in [6, 6.07) is 4.04. The summed E-state index contributed by atoms with van der Waals surface area (Å²) in [5.74, 6) is -4.17. The molecule has 6 nitrogen and oxygen atoms in total. The molecule has 0 bridgehead atoms. The predicted molar refractivity (Wildman–Crippen MR) is 95.8 cm³/mol. The fourth-order valence-corrected chi connectivity index (χ4v) is 4.83. The number of nitrogens with zero attached hydrogens (tertiary/aromatic N) is 2. The van der Waals surface area contributed by atoms with Crippen molar-refractivity contribution in [2.45, 2.75) is 31.9 Å². The molecule has 2 aromatic rings. The summed E-state index contributed by atoms with van der Waals surface area (Å²) in [5.41, 5.74) is -2.11. The average Bonchev–Trinajstić information content (AvgIpc) is 2.75. The van der Waals surface area contributed by atoms with E-state index in [0.717, 1.165) is 22.9 Å². The highest BCUT2D eigenvalue weighted by Gasteiger charge is 2.46. The molecule has 0 saturated heterocycles. The maximum absolute atomic E-state index is 13.0. The molecule has 0 amide bonds. The third-order valence-electron chi connectivity index (χ3n) is 4.86. The molecule has 1 saturated carbocycles. The van der Waals surface area contributed by atoms with Crippen LogP contribution in [0.15, 0.2) is 29.1 Å². The van der Waals surface area contributed by atoms with Crippen molar-refractivity contribution in [2.75, 3.05) is 10.5 Å². The Morgan fingerprint density at radius 2 is 1.86 bits per heavy atom. The number of hydrogen-bond donors (Lipinski definition) is 1. The fourth-order valence-electron chi connectivity index (χ4n) is 3.34. The Morgan fingerprint density at radius 1 is 1.24 bits per heavy atom. The van der Waals surface area contributed by atoms with Gasteiger partial charge in [-0.1, -0.05) is 6.07 Å². The first-order valence-electron chi connectivity index (χ1n) is 8.55. The van der Waals surface area contributed by atoms with Crippen molar-refractivity contribution in [3.05, 3.63) is 45.9 Å². The maximum atomic E-state index is 13.0. The summed E-state index contributed by atoms with van der Waals surface area (Å²) in [6.07, 6.45) is -5.71. The quantitative estimate of drug-likeness (QED) is 0.727. The zero-order valence-electron chi connectivity index (χ0n) is 15.4. The first kappa shape index (κ1) is 21.3. The van der Waals surface area contributed by atoms with Gasteiger partial charge < -0.3 is 0 Å². The molecule has 1 heterocycles. The van der Waals surface area contributed by atoms with E-state index in [0.29, 0.717) is 0 Å². The lowest BCUT2D eigenvalue weighted by molar-refractivity contribution is -0.137. The van der Waals surface area contributed by atoms with E-state index in [1.165, 1.54) is 24.7 Å². The minimum atomic E-state index is -4.62. The van der Waals surface area contributed by atoms with Crippen molar-refractivity contribution >= 4 is 15.7 Å². The second-order valence-electron chi connectivity index (χ2n) is 7.16. The third-order valence-corrected chi connectivity index (χ3v) is 6.28. The van der Waals surface area contributed by atoms with Gasteiger partial charge in [0.25, 0.3) is 5.56 Å². The minimum absolute atomic E-state index is 0.0977. The van der Waals surface area contributed by atoms with E-state index in [9.17, 15) is 35.2 Å². The normalized spacial score (nSPS) is 17.2. The zero-order chi connectivity index (χ0) is 21.8. The van der Waals surface area contributed by atoms with Crippen LogP contribution in [0.1, 0.15) is 24.1 Å². The Kier molecular flexibility index (Phi) is 5.04. The third kappa shape index (κ3) is 4.31. The van der Waals surface area contributed by atoms with Crippen molar-refractivity contribution in [3.63, 3.8) is 0 Å². The fraction of sp³-hybridized carbons (Fsp3) is 0.471. The van der Waals surface area contributed by atoms with E-state index >= 15 is 0 Å². The van der Waals surface area contributed by atoms with Gasteiger partial charge in [-0.15, -0.1) is 0 Å². The van der Waals surface area contributed by atoms with Gasteiger partial charge in [-0.2, -0.15) is 13.2 Å². The molecular weight excluding hydrogens is 421 g/mol. The van der Waals surface area contributed by atoms with Crippen LogP contribution in [-0.4, -0.2) is 29.5 Å². The van der Waals surface area contributed by atoms with Gasteiger partial charge in [-0.05, 0) is 31.0 Å². The monoisotopic (exact) mass is 439 g/mol. The summed E-state index contributed by atoms with van der Waals surface area (Å²) in [4.78, 5) is 12.7. The number of halogens is 5. The van der Waals surface area contributed by atoms with Gasteiger partial charge in [0.2, 0.25) is 15.9 Å². The number of alkyl halides is 5. The molecule has 160 valence electrons. The van der Waals surface area contributed by atoms with Crippen molar-refractivity contribution < 1.29 is 30.4 Å². The predicted octanol–water partition coefficient (Wildman–Crippen LogP) is 3.29. The number of rotatable bonds is 5. The minimum Gasteiger partial charge on any atom is -0.283 e. The van der Waals surface area contributed by atoms with Crippen LogP contribution in [-0.2, 0) is 23.2 Å². The first-order valence-corrected chi connectivity index (χ1v) is 10.2. The molecule has 0 unspecified atom stereocenters. The number of sulfonamides is 1. The molecule has 1 aliphatic rings. The number of nitrogens with one attached hydrogen (secondary N) is 1. The summed E-state index contributed by atoms with van der Waals surface area (Å²) in [6.45, 7) is 1.42. The van der Waals surface area contributed by atoms with Crippen molar-refractivity contribution in [1.82, 2.24) is 9.36 Å². The lowest BCUT2D eigenvalue weighted by atomic mass is 9.83. The van der Waals surface area contributed by atoms with E-state index in [-0.39, 0.29) is 17.1 Å². The second kappa shape index (κ2) is 6.85. The van der Waals surface area contributed by atoms with E-state index in [1.54, 1.807) is 0 Å². The zero-order valence-corrected chi connectivity index (χ0v) is 16.2. The number of aromatic nitrogens is 2. The molecule has 3 rings (SSSR count). The summed E-state index contributed by atoms with van der Waals surface area (Å²) < 4.78 is 93.6. The van der Waals surface area contributed by atoms with Gasteiger partial charge in [0.1, 0.15) is 5.69 Å². The van der Waals surface area contributed by atoms with Gasteiger partial charge >= 0.3 is 6.18 Å². The second-order valence-corrected chi connectivity index (χ2v) is 8.93. The van der Waals surface area contributed by atoms with Crippen LogP contribution in [0.3, 0.4) is 0 Å². The molecule has 1 aliphatic carbocycles. The van der Waals surface area contributed by atoms with Gasteiger partial charge in [-0.25, -0.2) is 21.9 Å². The van der Waals surface area contributed by atoms with Gasteiger partial charge in [-0.3, -0.25) is 14.2 Å². The Bertz CT molecular complexity index is 1090. The molecule has 1 aromatic heterocycles. The largest absolute Gasteiger partial charge is 0.416 e. The highest BCUT2D eigenvalue weighted by Crippen LogP contribution is 2.43. The Hall–Kier alpha value is -2.37. The van der Waals surface area contributed by atoms with Crippen LogP contribution in [0, 0.1) is 12.8 Å². The van der Waals surface area contributed by atoms with Crippen LogP contribution in [0.2, 0.25) is 0 Å². The van der Waals surface area contributed by atoms with Gasteiger partial charge in [0.05, 0.1) is 22.7 Å². The van der Waals surface area contributed by atoms with Gasteiger partial charge in [0, 0.05) is 19.9 Å². The molecule has 1 fully saturated rings. The average molecular weight is 439 g/mol. The molecule has 0 radical (unpaired) electrons. The number of hydrogen-bond acceptors (Lipinski definition) is 3. The van der Waals surface area contributed by atoms with Crippen molar-refractivity contribution in [3.8, 4) is 5.69 Å². The van der Waals surface area contributed by atoms with Crippen molar-refractivity contribution in [1.29, 1.82) is 0 Å². The smallest absolute Gasteiger partial charge is 0.283 e. The lowest BCUT2D eigenvalue weighted by Crippen LogP contribution is -2.40. The summed E-state index contributed by atoms with van der Waals surface area (Å²) in [5, 5.41) is 0. The summed E-state index contributed by atoms with van der Waals surface area (Å²) >= 11 is 0. The molecule has 0 spiro atoms. The van der Waals surface area contributed by atoms with Gasteiger partial charge in [0.15, 0.2) is 0 Å². The van der Waals surface area contributed by atoms with Crippen LogP contribution in [0.25, 0.3) is 5.69 Å². The van der Waals surface area contributed by atoms with E-state index < -0.39 is 57.8 Å². The van der Waals surface area contributed by atoms with Crippen LogP contribution >= 0.6 is 0 Å². The molecule has 0 aliphatic heterocycles. The van der Waals surface area contributed by atoms with Crippen LogP contribution < -0.4 is 10.3 Å². The maximum Gasteiger partial charge on any atom is 0.416 e. The number of anilines is 1. The Labute approximate surface area is 163 Å². The van der Waals surface area contributed by atoms with Crippen molar-refractivity contribution in [2.24, 2.45) is 13.0 Å². The van der Waals surface area contributed by atoms with E-state index in [4.69, 9.17) is 0 Å². The molecular formula is C17H18F5N3O3S. The molecule has 0 atom stereocenters. The van der Waals surface area contributed by atoms with Crippen LogP contribution in [0.4, 0.5) is 27.6 Å². The molecule has 1 aromatic carbocycles. The highest BCUT2D eigenvalue weighted by atomic mass is 32.2. The molecule has 12 heteroatoms. The van der Waals surface area contributed by atoms with E-state index in [2.05, 4.69) is 4.72 Å². The highest BCUT2D eigenvalue weighted by molar-refractivity contribution is 7.92. The lowest BCUT2D eigenvalue weighted by Gasteiger charge is -2.34. The molecule has 29 heavy (non-hydrogen) atoms. The van der Waals surface area contributed by atoms with Crippen LogP contribution in [0.5, 0.6) is 0 Å². The number of benzene rings is 1. The first-order chi connectivity index (χ1) is 13.2. The Balaban J connectivity index is 1.93. The Morgan fingerprint density at radius 3 is 2.41 bits per heavy atom. The van der Waals surface area contributed by atoms with E-state index in [1.807, 2.05) is 0 Å². The SMILES string of the molecule is Cc1c(NS(=O)(=O)CC2CC(F)(F)C2)c(=O)n(-c2cccc(C(F)(F)F)c2)n1C. The standard InChI is InChI=1S/C17H18F5N3O3S/c1-10-14(23-29(27,28)9-11-7-16(18,19)8-11)15(26)25(24(10)2)13-5-3-4-12(6-13)17(20,21)22/h3-6,11,23H,7-9H2,1-2H3.